The van der Waals surface area contributed by atoms with E-state index in [1.165, 1.54) is 18.4 Å². The Labute approximate surface area is 133 Å². The van der Waals surface area contributed by atoms with Crippen molar-refractivity contribution in [2.75, 3.05) is 19.6 Å². The summed E-state index contributed by atoms with van der Waals surface area (Å²) in [5.41, 5.74) is 0.932. The van der Waals surface area contributed by atoms with E-state index < -0.39 is 11.7 Å². The minimum Gasteiger partial charge on any atom is -0.444 e. The first-order chi connectivity index (χ1) is 10.4. The fraction of sp³-hybridized carbons (Fsp3) is 0.750. The molecule has 6 heteroatoms. The fourth-order valence-corrected chi connectivity index (χ4v) is 2.19. The molecule has 1 aliphatic carbocycles. The molecule has 3 amide bonds. The number of hydrogen-bond donors (Lipinski definition) is 3. The molecule has 0 bridgehead atoms. The number of hydrogen-bond acceptors (Lipinski definition) is 3. The average molecular weight is 311 g/mol. The Hall–Kier alpha value is -1.72. The van der Waals surface area contributed by atoms with Gasteiger partial charge in [-0.05, 0) is 52.9 Å². The standard InChI is InChI=1S/C16H29N3O3/c1-16(2,3)22-15(21)19-12-11-18-14(20)17-10-9-13-7-5-4-6-8-13/h7H,4-6,8-12H2,1-3H3,(H,19,21)(H2,17,18,20). The summed E-state index contributed by atoms with van der Waals surface area (Å²) in [6.07, 6.45) is 7.59. The molecule has 1 rings (SSSR count). The van der Waals surface area contributed by atoms with Crippen LogP contribution in [0, 0.1) is 0 Å². The van der Waals surface area contributed by atoms with Gasteiger partial charge in [0.1, 0.15) is 5.60 Å². The highest BCUT2D eigenvalue weighted by Crippen LogP contribution is 2.19. The summed E-state index contributed by atoms with van der Waals surface area (Å²) in [7, 11) is 0. The van der Waals surface area contributed by atoms with Crippen molar-refractivity contribution in [1.29, 1.82) is 0 Å². The van der Waals surface area contributed by atoms with Gasteiger partial charge in [-0.3, -0.25) is 0 Å². The minimum absolute atomic E-state index is 0.206. The molecule has 6 nitrogen and oxygen atoms in total. The number of alkyl carbamates (subject to hydrolysis) is 1. The van der Waals surface area contributed by atoms with Crippen LogP contribution in [0.4, 0.5) is 9.59 Å². The van der Waals surface area contributed by atoms with Crippen molar-refractivity contribution < 1.29 is 14.3 Å². The Morgan fingerprint density at radius 1 is 1.09 bits per heavy atom. The SMILES string of the molecule is CC(C)(C)OC(=O)NCCNC(=O)NCCC1=CCCCC1. The first kappa shape index (κ1) is 18.3. The second kappa shape index (κ2) is 9.33. The molecule has 0 aromatic rings. The monoisotopic (exact) mass is 311 g/mol. The van der Waals surface area contributed by atoms with Crippen LogP contribution >= 0.6 is 0 Å². The van der Waals surface area contributed by atoms with Crippen molar-refractivity contribution in [2.24, 2.45) is 0 Å². The number of ether oxygens (including phenoxy) is 1. The molecule has 0 saturated heterocycles. The highest BCUT2D eigenvalue weighted by molar-refractivity contribution is 5.74. The number of amides is 3. The summed E-state index contributed by atoms with van der Waals surface area (Å²) in [6.45, 7) is 6.78. The van der Waals surface area contributed by atoms with Gasteiger partial charge in [-0.25, -0.2) is 9.59 Å². The molecule has 0 aliphatic heterocycles. The third kappa shape index (κ3) is 9.26. The predicted octanol–water partition coefficient (Wildman–Crippen LogP) is 2.70. The molecule has 1 aliphatic rings. The van der Waals surface area contributed by atoms with Gasteiger partial charge in [-0.2, -0.15) is 0 Å². The Bertz CT molecular complexity index is 400. The lowest BCUT2D eigenvalue weighted by atomic mass is 9.97. The van der Waals surface area contributed by atoms with Gasteiger partial charge < -0.3 is 20.7 Å². The Morgan fingerprint density at radius 2 is 1.77 bits per heavy atom. The van der Waals surface area contributed by atoms with E-state index in [-0.39, 0.29) is 6.03 Å². The van der Waals surface area contributed by atoms with Crippen LogP contribution in [-0.4, -0.2) is 37.4 Å². The lowest BCUT2D eigenvalue weighted by Crippen LogP contribution is -2.41. The third-order valence-corrected chi connectivity index (χ3v) is 3.20. The number of carbonyl (C=O) groups excluding carboxylic acids is 2. The molecular weight excluding hydrogens is 282 g/mol. The summed E-state index contributed by atoms with van der Waals surface area (Å²) < 4.78 is 5.09. The van der Waals surface area contributed by atoms with Gasteiger partial charge in [0, 0.05) is 19.6 Å². The number of carbonyl (C=O) groups is 2. The molecule has 3 N–H and O–H groups in total. The van der Waals surface area contributed by atoms with Crippen molar-refractivity contribution in [3.63, 3.8) is 0 Å². The van der Waals surface area contributed by atoms with Crippen molar-refractivity contribution in [3.8, 4) is 0 Å². The van der Waals surface area contributed by atoms with Crippen LogP contribution in [-0.2, 0) is 4.74 Å². The van der Waals surface area contributed by atoms with Gasteiger partial charge in [-0.1, -0.05) is 11.6 Å². The number of nitrogens with one attached hydrogen (secondary N) is 3. The van der Waals surface area contributed by atoms with Crippen LogP contribution in [0.25, 0.3) is 0 Å². The second-order valence-electron chi connectivity index (χ2n) is 6.47. The van der Waals surface area contributed by atoms with E-state index in [2.05, 4.69) is 22.0 Å². The van der Waals surface area contributed by atoms with Crippen molar-refractivity contribution in [3.05, 3.63) is 11.6 Å². The second-order valence-corrected chi connectivity index (χ2v) is 6.47. The molecule has 0 spiro atoms. The zero-order valence-electron chi connectivity index (χ0n) is 14.0. The molecule has 126 valence electrons. The van der Waals surface area contributed by atoms with Gasteiger partial charge in [0.2, 0.25) is 0 Å². The third-order valence-electron chi connectivity index (χ3n) is 3.20. The molecule has 0 atom stereocenters. The van der Waals surface area contributed by atoms with E-state index in [0.717, 1.165) is 19.3 Å². The maximum absolute atomic E-state index is 11.6. The van der Waals surface area contributed by atoms with E-state index >= 15 is 0 Å². The molecule has 0 fully saturated rings. The lowest BCUT2D eigenvalue weighted by Gasteiger charge is -2.19. The first-order valence-electron chi connectivity index (χ1n) is 8.03. The van der Waals surface area contributed by atoms with E-state index in [0.29, 0.717) is 19.6 Å². The van der Waals surface area contributed by atoms with E-state index in [4.69, 9.17) is 4.74 Å². The van der Waals surface area contributed by atoms with Crippen molar-refractivity contribution in [2.45, 2.75) is 58.5 Å². The smallest absolute Gasteiger partial charge is 0.407 e. The van der Waals surface area contributed by atoms with Crippen molar-refractivity contribution in [1.82, 2.24) is 16.0 Å². The summed E-state index contributed by atoms with van der Waals surface area (Å²) in [6, 6.07) is -0.206. The van der Waals surface area contributed by atoms with Gasteiger partial charge in [0.25, 0.3) is 0 Å². The molecule has 0 aromatic heterocycles. The summed E-state index contributed by atoms with van der Waals surface area (Å²) in [5.74, 6) is 0. The summed E-state index contributed by atoms with van der Waals surface area (Å²) in [5, 5.41) is 8.11. The average Bonchev–Trinajstić information content (AvgIpc) is 2.43. The van der Waals surface area contributed by atoms with Gasteiger partial charge in [0.05, 0.1) is 0 Å². The molecule has 0 radical (unpaired) electrons. The van der Waals surface area contributed by atoms with E-state index in [9.17, 15) is 9.59 Å². The zero-order chi connectivity index (χ0) is 16.4. The van der Waals surface area contributed by atoms with Gasteiger partial charge in [-0.15, -0.1) is 0 Å². The molecule has 0 unspecified atom stereocenters. The molecular formula is C16H29N3O3. The number of rotatable bonds is 6. The van der Waals surface area contributed by atoms with Crippen LogP contribution in [0.2, 0.25) is 0 Å². The number of urea groups is 1. The van der Waals surface area contributed by atoms with E-state index in [1.54, 1.807) is 20.8 Å². The molecule has 0 saturated carbocycles. The van der Waals surface area contributed by atoms with Crippen LogP contribution in [0.15, 0.2) is 11.6 Å². The normalized spacial score (nSPS) is 14.8. The Balaban J connectivity index is 2.01. The van der Waals surface area contributed by atoms with Crippen LogP contribution in [0.3, 0.4) is 0 Å². The van der Waals surface area contributed by atoms with Crippen LogP contribution in [0.1, 0.15) is 52.9 Å². The Kier molecular flexibility index (Phi) is 7.77. The highest BCUT2D eigenvalue weighted by atomic mass is 16.6. The molecule has 0 heterocycles. The van der Waals surface area contributed by atoms with Crippen LogP contribution < -0.4 is 16.0 Å². The summed E-state index contributed by atoms with van der Waals surface area (Å²) >= 11 is 0. The van der Waals surface area contributed by atoms with Crippen molar-refractivity contribution >= 4 is 12.1 Å². The van der Waals surface area contributed by atoms with E-state index in [1.807, 2.05) is 0 Å². The quantitative estimate of drug-likeness (QED) is 0.521. The van der Waals surface area contributed by atoms with Gasteiger partial charge >= 0.3 is 12.1 Å². The lowest BCUT2D eigenvalue weighted by molar-refractivity contribution is 0.0528. The zero-order valence-corrected chi connectivity index (χ0v) is 14.0. The molecule has 0 aromatic carbocycles. The maximum atomic E-state index is 11.6. The van der Waals surface area contributed by atoms with Gasteiger partial charge in [0.15, 0.2) is 0 Å². The Morgan fingerprint density at radius 3 is 2.41 bits per heavy atom. The fourth-order valence-electron chi connectivity index (χ4n) is 2.19. The first-order valence-corrected chi connectivity index (χ1v) is 8.03. The molecule has 22 heavy (non-hydrogen) atoms. The predicted molar refractivity (Wildman–Crippen MR) is 86.8 cm³/mol. The number of allylic oxidation sites excluding steroid dienone is 1. The maximum Gasteiger partial charge on any atom is 0.407 e. The minimum atomic E-state index is -0.511. The summed E-state index contributed by atoms with van der Waals surface area (Å²) in [4.78, 5) is 23.0. The topological polar surface area (TPSA) is 79.5 Å². The largest absolute Gasteiger partial charge is 0.444 e. The van der Waals surface area contributed by atoms with Crippen LogP contribution in [0.5, 0.6) is 0 Å². The highest BCUT2D eigenvalue weighted by Gasteiger charge is 2.15.